The number of H-pyrrole nitrogens is 2. The van der Waals surface area contributed by atoms with Crippen LogP contribution in [-0.4, -0.2) is 58.2 Å². The van der Waals surface area contributed by atoms with Crippen molar-refractivity contribution in [3.8, 4) is 33.6 Å². The Bertz CT molecular complexity index is 2190. The number of hydrogen-bond acceptors (Lipinski definition) is 5. The number of likely N-dealkylation sites (N-methyl/N-ethyl adjacent to an activating group) is 1. The number of amides is 1. The van der Waals surface area contributed by atoms with E-state index in [9.17, 15) is 9.18 Å². The number of fused-ring (bicyclic) bond motifs is 2. The van der Waals surface area contributed by atoms with E-state index in [1.165, 1.54) is 6.07 Å². The lowest BCUT2D eigenvalue weighted by molar-refractivity contribution is 0.102. The van der Waals surface area contributed by atoms with Gasteiger partial charge in [0.1, 0.15) is 11.5 Å². The van der Waals surface area contributed by atoms with Gasteiger partial charge in [-0.05, 0) is 91.4 Å². The molecule has 0 atom stereocenters. The number of pyridine rings is 1. The Balaban J connectivity index is 1.21. The Morgan fingerprint density at radius 2 is 1.65 bits per heavy atom. The van der Waals surface area contributed by atoms with Crippen LogP contribution in [0.15, 0.2) is 109 Å². The van der Waals surface area contributed by atoms with E-state index in [1.807, 2.05) is 74.8 Å². The fourth-order valence-electron chi connectivity index (χ4n) is 5.66. The summed E-state index contributed by atoms with van der Waals surface area (Å²) in [7, 11) is 4.02. The topological polar surface area (TPSA) is 102 Å². The van der Waals surface area contributed by atoms with Gasteiger partial charge in [0.15, 0.2) is 0 Å². The van der Waals surface area contributed by atoms with Gasteiger partial charge in [-0.1, -0.05) is 36.4 Å². The summed E-state index contributed by atoms with van der Waals surface area (Å²) in [4.78, 5) is 22.7. The molecule has 0 saturated heterocycles. The predicted octanol–water partition coefficient (Wildman–Crippen LogP) is 7.81. The predicted molar refractivity (Wildman–Crippen MR) is 183 cm³/mol. The van der Waals surface area contributed by atoms with Crippen LogP contribution in [0.2, 0.25) is 0 Å². The van der Waals surface area contributed by atoms with Crippen molar-refractivity contribution in [3.63, 3.8) is 0 Å². The molecule has 9 heteroatoms. The second-order valence-corrected chi connectivity index (χ2v) is 11.5. The van der Waals surface area contributed by atoms with Gasteiger partial charge < -0.3 is 20.5 Å². The Labute approximate surface area is 265 Å². The number of aromatic nitrogens is 4. The minimum atomic E-state index is -0.290. The molecule has 0 radical (unpaired) electrons. The largest absolute Gasteiger partial charge is 0.384 e. The van der Waals surface area contributed by atoms with Crippen molar-refractivity contribution in [2.75, 3.05) is 37.8 Å². The highest BCUT2D eigenvalue weighted by Crippen LogP contribution is 2.36. The molecule has 0 aliphatic rings. The van der Waals surface area contributed by atoms with Gasteiger partial charge in [0.2, 0.25) is 0 Å². The van der Waals surface area contributed by atoms with Crippen LogP contribution in [0.1, 0.15) is 10.4 Å². The van der Waals surface area contributed by atoms with E-state index < -0.39 is 0 Å². The first-order valence-corrected chi connectivity index (χ1v) is 15.0. The summed E-state index contributed by atoms with van der Waals surface area (Å²) < 4.78 is 14.7. The van der Waals surface area contributed by atoms with Crippen LogP contribution < -0.4 is 10.6 Å². The van der Waals surface area contributed by atoms with E-state index in [4.69, 9.17) is 0 Å². The molecular formula is C37H32FN7O. The van der Waals surface area contributed by atoms with Crippen LogP contribution in [0.3, 0.4) is 0 Å². The number of anilines is 2. The molecule has 0 spiro atoms. The van der Waals surface area contributed by atoms with E-state index in [0.717, 1.165) is 67.7 Å². The molecule has 7 rings (SSSR count). The van der Waals surface area contributed by atoms with E-state index in [1.54, 1.807) is 30.6 Å². The summed E-state index contributed by atoms with van der Waals surface area (Å²) in [5.41, 5.74) is 8.87. The van der Waals surface area contributed by atoms with E-state index >= 15 is 0 Å². The highest BCUT2D eigenvalue weighted by molar-refractivity contribution is 6.05. The second kappa shape index (κ2) is 12.3. The Morgan fingerprint density at radius 1 is 0.804 bits per heavy atom. The maximum atomic E-state index is 14.7. The summed E-state index contributed by atoms with van der Waals surface area (Å²) in [6.45, 7) is 1.56. The summed E-state index contributed by atoms with van der Waals surface area (Å²) >= 11 is 0. The van der Waals surface area contributed by atoms with Crippen molar-refractivity contribution in [2.24, 2.45) is 0 Å². The van der Waals surface area contributed by atoms with Crippen LogP contribution in [0.5, 0.6) is 0 Å². The summed E-state index contributed by atoms with van der Waals surface area (Å²) in [5.74, 6) is -0.484. The van der Waals surface area contributed by atoms with E-state index in [0.29, 0.717) is 17.8 Å². The lowest BCUT2D eigenvalue weighted by atomic mass is 10.0. The zero-order valence-corrected chi connectivity index (χ0v) is 25.4. The molecule has 3 heterocycles. The third kappa shape index (κ3) is 5.96. The van der Waals surface area contributed by atoms with Gasteiger partial charge in [0.05, 0.1) is 23.1 Å². The standard InChI is InChI=1S/C37H32FN7O/c1-45(2)14-13-40-28-16-25(15-27(38)19-28)30-9-6-10-33-31(30)20-35(42-33)36-32-18-24(11-12-34(32)43-44-36)26-17-29(22-39-21-26)41-37(46)23-7-4-3-5-8-23/h3-12,15-22,40,42H,13-14H2,1-2H3,(H,41,46)(H,43,44). The molecule has 0 fully saturated rings. The van der Waals surface area contributed by atoms with Gasteiger partial charge in [-0.25, -0.2) is 4.39 Å². The molecule has 0 saturated carbocycles. The van der Waals surface area contributed by atoms with Gasteiger partial charge >= 0.3 is 0 Å². The second-order valence-electron chi connectivity index (χ2n) is 11.5. The van der Waals surface area contributed by atoms with Crippen LogP contribution in [-0.2, 0) is 0 Å². The lowest BCUT2D eigenvalue weighted by Gasteiger charge is -2.13. The number of nitrogens with one attached hydrogen (secondary N) is 4. The average molecular weight is 610 g/mol. The monoisotopic (exact) mass is 609 g/mol. The molecule has 7 aromatic rings. The molecule has 0 aliphatic carbocycles. The van der Waals surface area contributed by atoms with Gasteiger partial charge in [-0.2, -0.15) is 5.10 Å². The summed E-state index contributed by atoms with van der Waals surface area (Å²) in [6.07, 6.45) is 3.41. The number of nitrogens with zero attached hydrogens (tertiary/aromatic N) is 3. The van der Waals surface area contributed by atoms with Crippen molar-refractivity contribution in [1.29, 1.82) is 0 Å². The molecule has 228 valence electrons. The quantitative estimate of drug-likeness (QED) is 0.134. The van der Waals surface area contributed by atoms with Crippen molar-refractivity contribution < 1.29 is 9.18 Å². The zero-order valence-electron chi connectivity index (χ0n) is 25.4. The highest BCUT2D eigenvalue weighted by atomic mass is 19.1. The average Bonchev–Trinajstić information content (AvgIpc) is 3.69. The Kier molecular flexibility index (Phi) is 7.74. The maximum absolute atomic E-state index is 14.7. The number of rotatable bonds is 9. The molecule has 0 aliphatic heterocycles. The molecule has 1 amide bonds. The minimum absolute atomic E-state index is 0.194. The summed E-state index contributed by atoms with van der Waals surface area (Å²) in [6, 6.07) is 30.2. The first-order valence-electron chi connectivity index (χ1n) is 15.0. The fourth-order valence-corrected chi connectivity index (χ4v) is 5.66. The Hall–Kier alpha value is -5.80. The molecule has 4 N–H and O–H groups in total. The highest BCUT2D eigenvalue weighted by Gasteiger charge is 2.16. The smallest absolute Gasteiger partial charge is 0.255 e. The number of carbonyl (C=O) groups is 1. The number of hydrogen-bond donors (Lipinski definition) is 4. The normalized spacial score (nSPS) is 11.4. The molecular weight excluding hydrogens is 577 g/mol. The maximum Gasteiger partial charge on any atom is 0.255 e. The first kappa shape index (κ1) is 28.9. The molecule has 0 unspecified atom stereocenters. The fraction of sp³-hybridized carbons (Fsp3) is 0.108. The number of carbonyl (C=O) groups excluding carboxylic acids is 1. The molecule has 3 aromatic heterocycles. The molecule has 4 aromatic carbocycles. The van der Waals surface area contributed by atoms with Gasteiger partial charge in [-0.15, -0.1) is 0 Å². The van der Waals surface area contributed by atoms with Gasteiger partial charge in [-0.3, -0.25) is 14.9 Å². The number of benzene rings is 4. The lowest BCUT2D eigenvalue weighted by Crippen LogP contribution is -2.20. The van der Waals surface area contributed by atoms with E-state index in [-0.39, 0.29) is 11.7 Å². The molecule has 0 bridgehead atoms. The van der Waals surface area contributed by atoms with Crippen molar-refractivity contribution in [2.45, 2.75) is 0 Å². The third-order valence-corrected chi connectivity index (χ3v) is 7.94. The zero-order chi connectivity index (χ0) is 31.6. The molecule has 8 nitrogen and oxygen atoms in total. The van der Waals surface area contributed by atoms with Crippen molar-refractivity contribution in [1.82, 2.24) is 25.1 Å². The van der Waals surface area contributed by atoms with Crippen molar-refractivity contribution >= 4 is 39.1 Å². The van der Waals surface area contributed by atoms with Crippen LogP contribution in [0.25, 0.3) is 55.4 Å². The van der Waals surface area contributed by atoms with Crippen molar-refractivity contribution in [3.05, 3.63) is 121 Å². The minimum Gasteiger partial charge on any atom is -0.384 e. The van der Waals surface area contributed by atoms with Crippen LogP contribution in [0.4, 0.5) is 15.8 Å². The van der Waals surface area contributed by atoms with Gasteiger partial charge in [0, 0.05) is 52.4 Å². The third-order valence-electron chi connectivity index (χ3n) is 7.94. The first-order chi connectivity index (χ1) is 22.4. The number of aromatic amines is 2. The molecule has 46 heavy (non-hydrogen) atoms. The van der Waals surface area contributed by atoms with E-state index in [2.05, 4.69) is 47.8 Å². The van der Waals surface area contributed by atoms with Crippen LogP contribution >= 0.6 is 0 Å². The SMILES string of the molecule is CN(C)CCNc1cc(F)cc(-c2cccc3[nH]c(-c4n[nH]c5ccc(-c6cncc(NC(=O)c7ccccc7)c6)cc45)cc23)c1. The number of halogens is 1. The Morgan fingerprint density at radius 3 is 2.50 bits per heavy atom. The summed E-state index contributed by atoms with van der Waals surface area (Å²) in [5, 5.41) is 16.0. The van der Waals surface area contributed by atoms with Crippen LogP contribution in [0, 0.1) is 5.82 Å². The van der Waals surface area contributed by atoms with Gasteiger partial charge in [0.25, 0.3) is 5.91 Å².